The molecule has 0 saturated heterocycles. The lowest BCUT2D eigenvalue weighted by Gasteiger charge is -2.16. The van der Waals surface area contributed by atoms with E-state index >= 15 is 0 Å². The van der Waals surface area contributed by atoms with Crippen LogP contribution in [0.3, 0.4) is 0 Å². The Morgan fingerprint density at radius 2 is 2.10 bits per heavy atom. The molecule has 0 unspecified atom stereocenters. The molecule has 0 aliphatic rings. The molecule has 2 N–H and O–H groups in total. The van der Waals surface area contributed by atoms with Crippen LogP contribution in [0.2, 0.25) is 0 Å². The molecule has 0 bridgehead atoms. The van der Waals surface area contributed by atoms with E-state index in [0.717, 1.165) is 34.4 Å². The van der Waals surface area contributed by atoms with Gasteiger partial charge in [0.2, 0.25) is 0 Å². The Hall–Kier alpha value is -1.07. The highest BCUT2D eigenvalue weighted by molar-refractivity contribution is 9.10. The molecule has 0 fully saturated rings. The average molecular weight is 343 g/mol. The second-order valence-electron chi connectivity index (χ2n) is 5.00. The van der Waals surface area contributed by atoms with E-state index in [2.05, 4.69) is 33.5 Å². The summed E-state index contributed by atoms with van der Waals surface area (Å²) in [6, 6.07) is 4.13. The van der Waals surface area contributed by atoms with Crippen molar-refractivity contribution in [2.75, 3.05) is 13.2 Å². The molecule has 0 heterocycles. The van der Waals surface area contributed by atoms with E-state index in [4.69, 9.17) is 4.74 Å². The summed E-state index contributed by atoms with van der Waals surface area (Å²) in [7, 11) is 0. The van der Waals surface area contributed by atoms with Gasteiger partial charge in [-0.3, -0.25) is 4.79 Å². The number of hydrogen-bond donors (Lipinski definition) is 2. The van der Waals surface area contributed by atoms with E-state index in [-0.39, 0.29) is 18.6 Å². The highest BCUT2D eigenvalue weighted by atomic mass is 79.9. The third-order valence-electron chi connectivity index (χ3n) is 2.68. The van der Waals surface area contributed by atoms with Gasteiger partial charge in [0.15, 0.2) is 6.61 Å². The summed E-state index contributed by atoms with van der Waals surface area (Å²) in [5.41, 5.74) is 2.07. The van der Waals surface area contributed by atoms with Crippen molar-refractivity contribution in [3.63, 3.8) is 0 Å². The number of rotatable bonds is 7. The first-order chi connectivity index (χ1) is 9.43. The topological polar surface area (TPSA) is 50.4 Å². The molecule has 20 heavy (non-hydrogen) atoms. The minimum absolute atomic E-state index is 0.0414. The number of carbonyl (C=O) groups is 1. The summed E-state index contributed by atoms with van der Waals surface area (Å²) in [5.74, 6) is 0.685. The van der Waals surface area contributed by atoms with Gasteiger partial charge in [0.05, 0.1) is 0 Å². The summed E-state index contributed by atoms with van der Waals surface area (Å²) < 4.78 is 6.73. The molecule has 0 aromatic heterocycles. The molecule has 0 atom stereocenters. The zero-order valence-electron chi connectivity index (χ0n) is 12.5. The van der Waals surface area contributed by atoms with Crippen LogP contribution in [0.1, 0.15) is 31.9 Å². The predicted octanol–water partition coefficient (Wildman–Crippen LogP) is 2.77. The van der Waals surface area contributed by atoms with Crippen LogP contribution in [0.5, 0.6) is 5.75 Å². The maximum absolute atomic E-state index is 11.7. The van der Waals surface area contributed by atoms with Gasteiger partial charge in [0.1, 0.15) is 5.75 Å². The second kappa shape index (κ2) is 8.27. The molecular formula is C15H23BrN2O2. The number of ether oxygens (including phenoxy) is 1. The first kappa shape index (κ1) is 17.0. The Morgan fingerprint density at radius 3 is 2.70 bits per heavy atom. The Balaban J connectivity index is 2.79. The quantitative estimate of drug-likeness (QED) is 0.800. The molecule has 1 rings (SSSR count). The van der Waals surface area contributed by atoms with Crippen molar-refractivity contribution in [3.8, 4) is 5.75 Å². The van der Waals surface area contributed by atoms with Crippen LogP contribution in [-0.2, 0) is 11.3 Å². The number of carbonyl (C=O) groups excluding carboxylic acids is 1. The SMILES string of the molecule is CCNCc1cc(Br)cc(C)c1OCC(=O)NC(C)C. The van der Waals surface area contributed by atoms with Gasteiger partial charge in [-0.15, -0.1) is 0 Å². The van der Waals surface area contributed by atoms with Crippen LogP contribution < -0.4 is 15.4 Å². The monoisotopic (exact) mass is 342 g/mol. The van der Waals surface area contributed by atoms with Gasteiger partial charge in [-0.2, -0.15) is 0 Å². The van der Waals surface area contributed by atoms with E-state index in [1.807, 2.05) is 32.9 Å². The van der Waals surface area contributed by atoms with Crippen LogP contribution in [0.25, 0.3) is 0 Å². The van der Waals surface area contributed by atoms with Gasteiger partial charge < -0.3 is 15.4 Å². The Kier molecular flexibility index (Phi) is 7.02. The van der Waals surface area contributed by atoms with Crippen LogP contribution >= 0.6 is 15.9 Å². The van der Waals surface area contributed by atoms with Gasteiger partial charge in [0.25, 0.3) is 5.91 Å². The molecule has 112 valence electrons. The van der Waals surface area contributed by atoms with Crippen molar-refractivity contribution in [2.45, 2.75) is 40.3 Å². The van der Waals surface area contributed by atoms with E-state index in [0.29, 0.717) is 0 Å². The molecule has 1 aromatic carbocycles. The molecule has 1 aromatic rings. The zero-order valence-corrected chi connectivity index (χ0v) is 14.1. The van der Waals surface area contributed by atoms with Gasteiger partial charge in [-0.1, -0.05) is 22.9 Å². The standard InChI is InChI=1S/C15H23BrN2O2/c1-5-17-8-12-7-13(16)6-11(4)15(12)20-9-14(19)18-10(2)3/h6-7,10,17H,5,8-9H2,1-4H3,(H,18,19). The Morgan fingerprint density at radius 1 is 1.40 bits per heavy atom. The van der Waals surface area contributed by atoms with Gasteiger partial charge >= 0.3 is 0 Å². The molecule has 1 amide bonds. The Labute approximate surface area is 129 Å². The van der Waals surface area contributed by atoms with Crippen molar-refractivity contribution < 1.29 is 9.53 Å². The molecule has 0 aliphatic heterocycles. The predicted molar refractivity (Wildman–Crippen MR) is 85.0 cm³/mol. The van der Waals surface area contributed by atoms with Crippen LogP contribution in [0, 0.1) is 6.92 Å². The van der Waals surface area contributed by atoms with Crippen molar-refractivity contribution >= 4 is 21.8 Å². The molecule has 5 heteroatoms. The summed E-state index contributed by atoms with van der Waals surface area (Å²) in [6.07, 6.45) is 0. The fourth-order valence-electron chi connectivity index (χ4n) is 1.90. The van der Waals surface area contributed by atoms with Crippen molar-refractivity contribution in [1.82, 2.24) is 10.6 Å². The highest BCUT2D eigenvalue weighted by Gasteiger charge is 2.11. The van der Waals surface area contributed by atoms with Crippen LogP contribution in [-0.4, -0.2) is 25.1 Å². The van der Waals surface area contributed by atoms with E-state index < -0.39 is 0 Å². The lowest BCUT2D eigenvalue weighted by atomic mass is 10.1. The van der Waals surface area contributed by atoms with Crippen LogP contribution in [0.4, 0.5) is 0 Å². The van der Waals surface area contributed by atoms with Crippen molar-refractivity contribution in [2.24, 2.45) is 0 Å². The molecule has 4 nitrogen and oxygen atoms in total. The lowest BCUT2D eigenvalue weighted by Crippen LogP contribution is -2.34. The number of benzene rings is 1. The first-order valence-corrected chi connectivity index (χ1v) is 7.65. The summed E-state index contributed by atoms with van der Waals surface area (Å²) >= 11 is 3.49. The highest BCUT2D eigenvalue weighted by Crippen LogP contribution is 2.28. The lowest BCUT2D eigenvalue weighted by molar-refractivity contribution is -0.123. The van der Waals surface area contributed by atoms with Crippen LogP contribution in [0.15, 0.2) is 16.6 Å². The minimum Gasteiger partial charge on any atom is -0.483 e. The fourth-order valence-corrected chi connectivity index (χ4v) is 2.52. The number of halogens is 1. The Bertz CT molecular complexity index is 461. The third kappa shape index (κ3) is 5.51. The number of amides is 1. The summed E-state index contributed by atoms with van der Waals surface area (Å²) in [6.45, 7) is 9.55. The largest absolute Gasteiger partial charge is 0.483 e. The fraction of sp³-hybridized carbons (Fsp3) is 0.533. The maximum Gasteiger partial charge on any atom is 0.258 e. The summed E-state index contributed by atoms with van der Waals surface area (Å²) in [5, 5.41) is 6.10. The minimum atomic E-state index is -0.100. The molecule has 0 radical (unpaired) electrons. The normalized spacial score (nSPS) is 10.7. The second-order valence-corrected chi connectivity index (χ2v) is 5.92. The molecule has 0 saturated carbocycles. The van der Waals surface area contributed by atoms with E-state index in [1.54, 1.807) is 0 Å². The molecular weight excluding hydrogens is 320 g/mol. The van der Waals surface area contributed by atoms with Gasteiger partial charge in [-0.05, 0) is 45.0 Å². The van der Waals surface area contributed by atoms with Crippen molar-refractivity contribution in [3.05, 3.63) is 27.7 Å². The zero-order chi connectivity index (χ0) is 15.1. The summed E-state index contributed by atoms with van der Waals surface area (Å²) in [4.78, 5) is 11.7. The number of nitrogens with one attached hydrogen (secondary N) is 2. The van der Waals surface area contributed by atoms with Crippen molar-refractivity contribution in [1.29, 1.82) is 0 Å². The maximum atomic E-state index is 11.7. The number of aryl methyl sites for hydroxylation is 1. The average Bonchev–Trinajstić information content (AvgIpc) is 2.33. The van der Waals surface area contributed by atoms with Gasteiger partial charge in [-0.25, -0.2) is 0 Å². The smallest absolute Gasteiger partial charge is 0.258 e. The van der Waals surface area contributed by atoms with E-state index in [9.17, 15) is 4.79 Å². The molecule has 0 aliphatic carbocycles. The van der Waals surface area contributed by atoms with E-state index in [1.165, 1.54) is 0 Å². The first-order valence-electron chi connectivity index (χ1n) is 6.86. The third-order valence-corrected chi connectivity index (χ3v) is 3.14. The van der Waals surface area contributed by atoms with Gasteiger partial charge in [0, 0.05) is 22.6 Å². The molecule has 0 spiro atoms. The number of hydrogen-bond acceptors (Lipinski definition) is 3.